The van der Waals surface area contributed by atoms with Gasteiger partial charge in [0.2, 0.25) is 0 Å². The Bertz CT molecular complexity index is 580. The van der Waals surface area contributed by atoms with E-state index in [1.54, 1.807) is 0 Å². The SMILES string of the molecule is CC(C)[Si](C(C)C)(C(C)C)n1ccc2cc([As])cnc21. The Balaban J connectivity index is 2.75. The van der Waals surface area contributed by atoms with Crippen LogP contribution in [-0.4, -0.2) is 34.3 Å². The van der Waals surface area contributed by atoms with Crippen LogP contribution in [0.15, 0.2) is 24.5 Å². The van der Waals surface area contributed by atoms with Gasteiger partial charge in [0.1, 0.15) is 0 Å². The van der Waals surface area contributed by atoms with Crippen LogP contribution in [0.3, 0.4) is 0 Å². The van der Waals surface area contributed by atoms with Gasteiger partial charge in [-0.1, -0.05) is 0 Å². The van der Waals surface area contributed by atoms with Gasteiger partial charge in [-0.15, -0.1) is 0 Å². The first-order chi connectivity index (χ1) is 9.31. The summed E-state index contributed by atoms with van der Waals surface area (Å²) in [5.41, 5.74) is 3.24. The second-order valence-corrected chi connectivity index (χ2v) is 13.4. The molecule has 2 aromatic heterocycles. The summed E-state index contributed by atoms with van der Waals surface area (Å²) in [6.45, 7) is 14.4. The molecule has 108 valence electrons. The summed E-state index contributed by atoms with van der Waals surface area (Å²) in [5.74, 6) is 0. The van der Waals surface area contributed by atoms with Gasteiger partial charge in [0, 0.05) is 0 Å². The van der Waals surface area contributed by atoms with E-state index in [1.807, 2.05) is 6.20 Å². The monoisotopic (exact) mass is 348 g/mol. The number of pyridine rings is 1. The van der Waals surface area contributed by atoms with Crippen molar-refractivity contribution in [3.8, 4) is 0 Å². The van der Waals surface area contributed by atoms with Crippen LogP contribution in [0.5, 0.6) is 0 Å². The average Bonchev–Trinajstić information content (AvgIpc) is 2.72. The van der Waals surface area contributed by atoms with E-state index in [0.717, 1.165) is 0 Å². The Kier molecular flexibility index (Phi) is 4.51. The molecule has 0 unspecified atom stereocenters. The molecule has 2 radical (unpaired) electrons. The standard InChI is InChI=1S/C16H25AsN2Si/c1-11(2)20(12(3)4,13(5)6)19-8-7-14-9-15(17)10-18-16(14)19/h7-13H,1-6H3. The molecule has 0 aromatic carbocycles. The van der Waals surface area contributed by atoms with E-state index in [2.05, 4.69) is 81.0 Å². The maximum atomic E-state index is 4.74. The van der Waals surface area contributed by atoms with Crippen molar-refractivity contribution >= 4 is 40.5 Å². The molecule has 0 aliphatic rings. The Labute approximate surface area is 132 Å². The van der Waals surface area contributed by atoms with Crippen LogP contribution in [0, 0.1) is 0 Å². The molecule has 0 atom stereocenters. The van der Waals surface area contributed by atoms with Crippen molar-refractivity contribution in [2.24, 2.45) is 0 Å². The zero-order chi connectivity index (χ0) is 15.1. The van der Waals surface area contributed by atoms with Gasteiger partial charge in [-0.2, -0.15) is 0 Å². The molecule has 0 spiro atoms. The van der Waals surface area contributed by atoms with Crippen LogP contribution in [0.2, 0.25) is 16.6 Å². The number of hydrogen-bond donors (Lipinski definition) is 0. The van der Waals surface area contributed by atoms with E-state index < -0.39 is 8.24 Å². The third kappa shape index (κ3) is 2.29. The zero-order valence-electron chi connectivity index (χ0n) is 13.4. The molecule has 0 N–H and O–H groups in total. The molecular formula is C16H25AsN2Si. The van der Waals surface area contributed by atoms with Crippen molar-refractivity contribution in [3.63, 3.8) is 0 Å². The summed E-state index contributed by atoms with van der Waals surface area (Å²) in [6, 6.07) is 4.45. The third-order valence-electron chi connectivity index (χ3n) is 4.70. The second kappa shape index (κ2) is 5.69. The van der Waals surface area contributed by atoms with Crippen LogP contribution < -0.4 is 4.35 Å². The van der Waals surface area contributed by atoms with Crippen molar-refractivity contribution in [3.05, 3.63) is 24.5 Å². The number of fused-ring (bicyclic) bond motifs is 1. The fourth-order valence-corrected chi connectivity index (χ4v) is 11.1. The van der Waals surface area contributed by atoms with Crippen LogP contribution in [-0.2, 0) is 0 Å². The van der Waals surface area contributed by atoms with E-state index in [9.17, 15) is 0 Å². The molecule has 0 bridgehead atoms. The van der Waals surface area contributed by atoms with Gasteiger partial charge < -0.3 is 0 Å². The summed E-state index contributed by atoms with van der Waals surface area (Å²) in [6.07, 6.45) is 4.26. The number of hydrogen-bond acceptors (Lipinski definition) is 1. The van der Waals surface area contributed by atoms with Crippen LogP contribution >= 0.6 is 0 Å². The minimum absolute atomic E-state index is 0.692. The number of rotatable bonds is 4. The molecule has 0 aliphatic carbocycles. The van der Waals surface area contributed by atoms with Crippen LogP contribution in [0.4, 0.5) is 0 Å². The average molecular weight is 348 g/mol. The molecule has 2 nitrogen and oxygen atoms in total. The fourth-order valence-electron chi connectivity index (χ4n) is 4.16. The van der Waals surface area contributed by atoms with Gasteiger partial charge in [0.05, 0.1) is 0 Å². The molecule has 2 rings (SSSR count). The summed E-state index contributed by atoms with van der Waals surface area (Å²) >= 11 is 2.58. The Morgan fingerprint density at radius 3 is 2.10 bits per heavy atom. The summed E-state index contributed by atoms with van der Waals surface area (Å²) in [7, 11) is -1.68. The van der Waals surface area contributed by atoms with Gasteiger partial charge in [-0.25, -0.2) is 0 Å². The Morgan fingerprint density at radius 1 is 1.05 bits per heavy atom. The molecule has 2 aromatic rings. The first kappa shape index (κ1) is 15.8. The predicted molar refractivity (Wildman–Crippen MR) is 91.6 cm³/mol. The molecule has 0 saturated carbocycles. The molecule has 0 saturated heterocycles. The van der Waals surface area contributed by atoms with Gasteiger partial charge in [-0.3, -0.25) is 0 Å². The zero-order valence-corrected chi connectivity index (χ0v) is 16.3. The molecule has 0 amide bonds. The van der Waals surface area contributed by atoms with E-state index in [0.29, 0.717) is 16.6 Å². The van der Waals surface area contributed by atoms with E-state index >= 15 is 0 Å². The number of aromatic nitrogens is 2. The van der Waals surface area contributed by atoms with Crippen molar-refractivity contribution < 1.29 is 0 Å². The van der Waals surface area contributed by atoms with E-state index in [1.165, 1.54) is 15.4 Å². The van der Waals surface area contributed by atoms with E-state index in [4.69, 9.17) is 4.98 Å². The fraction of sp³-hybridized carbons (Fsp3) is 0.562. The Hall–Kier alpha value is -0.535. The molecule has 0 fully saturated rings. The first-order valence-electron chi connectivity index (χ1n) is 7.48. The molecule has 4 heteroatoms. The van der Waals surface area contributed by atoms with E-state index in [-0.39, 0.29) is 0 Å². The molecule has 2 heterocycles. The first-order valence-corrected chi connectivity index (χ1v) is 10.6. The third-order valence-corrected chi connectivity index (χ3v) is 12.0. The quantitative estimate of drug-likeness (QED) is 0.768. The molecule has 20 heavy (non-hydrogen) atoms. The van der Waals surface area contributed by atoms with Gasteiger partial charge in [-0.05, 0) is 0 Å². The van der Waals surface area contributed by atoms with Gasteiger partial charge in [0.15, 0.2) is 0 Å². The van der Waals surface area contributed by atoms with Crippen molar-refractivity contribution in [1.29, 1.82) is 0 Å². The summed E-state index contributed by atoms with van der Waals surface area (Å²) < 4.78 is 3.74. The second-order valence-electron chi connectivity index (χ2n) is 6.64. The van der Waals surface area contributed by atoms with Crippen molar-refractivity contribution in [2.45, 2.75) is 58.2 Å². The predicted octanol–water partition coefficient (Wildman–Crippen LogP) is 3.85. The number of nitrogens with zero attached hydrogens (tertiary/aromatic N) is 2. The minimum atomic E-state index is -1.68. The van der Waals surface area contributed by atoms with Gasteiger partial charge in [0.25, 0.3) is 0 Å². The van der Waals surface area contributed by atoms with Crippen molar-refractivity contribution in [2.75, 3.05) is 0 Å². The molecule has 0 aliphatic heterocycles. The molecular weight excluding hydrogens is 323 g/mol. The summed E-state index contributed by atoms with van der Waals surface area (Å²) in [4.78, 5) is 4.74. The van der Waals surface area contributed by atoms with Crippen LogP contribution in [0.25, 0.3) is 11.0 Å². The maximum absolute atomic E-state index is 4.74. The Morgan fingerprint density at radius 2 is 1.60 bits per heavy atom. The normalized spacial score (nSPS) is 13.1. The van der Waals surface area contributed by atoms with Crippen LogP contribution in [0.1, 0.15) is 41.5 Å². The van der Waals surface area contributed by atoms with Gasteiger partial charge >= 0.3 is 132 Å². The topological polar surface area (TPSA) is 17.8 Å². The summed E-state index contributed by atoms with van der Waals surface area (Å²) in [5, 5.41) is 1.27. The van der Waals surface area contributed by atoms with Crippen molar-refractivity contribution in [1.82, 2.24) is 9.22 Å².